The number of benzene rings is 6. The molecule has 0 fully saturated rings. The van der Waals surface area contributed by atoms with Crippen LogP contribution in [0.15, 0.2) is 175 Å². The molecule has 0 atom stereocenters. The van der Waals surface area contributed by atoms with E-state index in [4.69, 9.17) is 32.8 Å². The molecule has 0 unspecified atom stereocenters. The van der Waals surface area contributed by atoms with Gasteiger partial charge in [-0.3, -0.25) is 52.5 Å². The molecule has 6 aromatic carbocycles. The predicted molar refractivity (Wildman–Crippen MR) is 459 cm³/mol. The highest BCUT2D eigenvalue weighted by Gasteiger charge is 2.26. The molecule has 3 heterocycles. The van der Waals surface area contributed by atoms with Crippen molar-refractivity contribution in [1.82, 2.24) is 28.7 Å². The summed E-state index contributed by atoms with van der Waals surface area (Å²) in [6.45, 7) is 24.9. The van der Waals surface area contributed by atoms with E-state index in [1.54, 1.807) is 69.9 Å². The number of halogens is 4. The Morgan fingerprint density at radius 3 is 1.07 bits per heavy atom. The van der Waals surface area contributed by atoms with Crippen LogP contribution in [0.2, 0.25) is 19.6 Å². The fourth-order valence-electron chi connectivity index (χ4n) is 8.77. The van der Waals surface area contributed by atoms with Gasteiger partial charge in [0.2, 0.25) is 29.1 Å². The van der Waals surface area contributed by atoms with Crippen LogP contribution in [0.1, 0.15) is 95.7 Å². The normalized spacial score (nSPS) is 11.1. The van der Waals surface area contributed by atoms with Crippen LogP contribution in [0.5, 0.6) is 17.2 Å². The number of nitrogens with zero attached hydrogens (tertiary/aromatic N) is 3. The molecule has 0 spiro atoms. The average Bonchev–Trinajstić information content (AvgIpc) is 0.795. The Balaban J connectivity index is 0.000000353. The first kappa shape index (κ1) is 92.6. The molecule has 3 aromatic heterocycles. The molecule has 0 bridgehead atoms. The number of methoxy groups -OCH3 is 3. The Morgan fingerprint density at radius 2 is 0.776 bits per heavy atom. The van der Waals surface area contributed by atoms with Gasteiger partial charge in [-0.2, -0.15) is 0 Å². The molecule has 9 rings (SSSR count). The third-order valence-electron chi connectivity index (χ3n) is 13.7. The zero-order chi connectivity index (χ0) is 81.5. The SMILES string of the molecule is C#C[Si](C)(C)C.C#Cc1cc(-n2ccc(=O)[nH]c2=O)cc(C(C)(C)C)c1OC.COc1c(C#Cc2ccc(NS(C)(=O)=O)cc2)cc(-n2ccc(=O)[nH]c2=O)cc1C(C)(C)C.COc1c(I)cc(-n2ccc(=O)[nH]c2=O)cc1C(C)(C)C.CS(=O)(=O)Cl.CS(=O)(=O)Nc1ccc(I)cc1.Nc1ccc(I)cc1. The molecule has 0 amide bonds. The van der Waals surface area contributed by atoms with Gasteiger partial charge >= 0.3 is 17.1 Å². The van der Waals surface area contributed by atoms with Gasteiger partial charge in [0.05, 0.1) is 71.9 Å². The number of ether oxygens (including phenoxy) is 3. The molecule has 0 aliphatic carbocycles. The van der Waals surface area contributed by atoms with E-state index in [1.807, 2.05) is 102 Å². The second-order valence-electron chi connectivity index (χ2n) is 27.2. The second kappa shape index (κ2) is 40.0. The van der Waals surface area contributed by atoms with Crippen LogP contribution in [0.25, 0.3) is 17.1 Å². The number of nitrogen functional groups attached to an aromatic ring is 1. The first-order valence-corrected chi connectivity index (χ1v) is 44.9. The maximum absolute atomic E-state index is 12.4. The lowest BCUT2D eigenvalue weighted by atomic mass is 9.84. The number of nitrogens with one attached hydrogen (secondary N) is 5. The summed E-state index contributed by atoms with van der Waals surface area (Å²) in [5.41, 5.74) is 12.9. The van der Waals surface area contributed by atoms with Gasteiger partial charge in [-0.1, -0.05) is 99.7 Å². The Morgan fingerprint density at radius 1 is 0.477 bits per heavy atom. The number of terminal acetylenes is 2. The lowest BCUT2D eigenvalue weighted by molar-refractivity contribution is 0.394. The van der Waals surface area contributed by atoms with Crippen molar-refractivity contribution in [3.8, 4) is 70.5 Å². The van der Waals surface area contributed by atoms with Crippen LogP contribution in [0, 0.1) is 46.9 Å². The van der Waals surface area contributed by atoms with E-state index >= 15 is 0 Å². The summed E-state index contributed by atoms with van der Waals surface area (Å²) in [7, 11) is -1.53. The van der Waals surface area contributed by atoms with Gasteiger partial charge in [-0.15, -0.1) is 18.4 Å². The summed E-state index contributed by atoms with van der Waals surface area (Å²) in [5.74, 6) is 10.8. The van der Waals surface area contributed by atoms with Crippen LogP contribution < -0.4 is 63.1 Å². The highest BCUT2D eigenvalue weighted by Crippen LogP contribution is 2.39. The number of anilines is 3. The van der Waals surface area contributed by atoms with E-state index in [-0.39, 0.29) is 16.2 Å². The number of H-pyrrole nitrogens is 3. The fraction of sp³-hybridized carbons (Fsp3) is 0.280. The van der Waals surface area contributed by atoms with Gasteiger partial charge in [0.15, 0.2) is 0 Å². The summed E-state index contributed by atoms with van der Waals surface area (Å²) < 4.78 is 91.8. The molecule has 0 radical (unpaired) electrons. The van der Waals surface area contributed by atoms with Gasteiger partial charge in [0.25, 0.3) is 16.7 Å². The third kappa shape index (κ3) is 32.8. The van der Waals surface area contributed by atoms with Crippen molar-refractivity contribution in [2.75, 3.05) is 55.3 Å². The number of rotatable bonds is 10. The van der Waals surface area contributed by atoms with Crippen molar-refractivity contribution in [3.63, 3.8) is 0 Å². The molecule has 0 saturated carbocycles. The second-order valence-corrected chi connectivity index (χ2v) is 42.2. The van der Waals surface area contributed by atoms with Crippen LogP contribution in [-0.2, 0) is 45.3 Å². The maximum atomic E-state index is 12.4. The topological polar surface area (TPSA) is 345 Å². The summed E-state index contributed by atoms with van der Waals surface area (Å²) in [6, 6.07) is 36.3. The average molecular weight is 1900 g/mol. The van der Waals surface area contributed by atoms with E-state index in [2.05, 4.69) is 167 Å². The van der Waals surface area contributed by atoms with Gasteiger partial charge < -0.3 is 19.9 Å². The summed E-state index contributed by atoms with van der Waals surface area (Å²) in [4.78, 5) is 76.9. The lowest BCUT2D eigenvalue weighted by Crippen LogP contribution is -2.28. The van der Waals surface area contributed by atoms with E-state index < -0.39 is 70.9 Å². The Bertz CT molecular complexity index is 5470. The minimum Gasteiger partial charge on any atom is -0.495 e. The van der Waals surface area contributed by atoms with E-state index in [1.165, 1.54) is 54.1 Å². The van der Waals surface area contributed by atoms with E-state index in [0.717, 1.165) is 54.0 Å². The molecular formula is C75H87ClI3N9O15S3Si. The fourth-order valence-corrected chi connectivity index (χ4v) is 11.5. The molecule has 7 N–H and O–H groups in total. The van der Waals surface area contributed by atoms with Crippen molar-refractivity contribution < 1.29 is 39.5 Å². The Kier molecular flexibility index (Phi) is 34.6. The number of hydrogen-bond acceptors (Lipinski definition) is 16. The summed E-state index contributed by atoms with van der Waals surface area (Å²) in [6.07, 6.45) is 18.1. The third-order valence-corrected chi connectivity index (χ3v) is 18.0. The first-order chi connectivity index (χ1) is 49.2. The number of nitrogens with two attached hydrogens (primary N) is 1. The van der Waals surface area contributed by atoms with Gasteiger partial charge in [-0.05, 0) is 193 Å². The molecular weight excluding hydrogens is 1810 g/mol. The Hall–Kier alpha value is -8.61. The smallest absolute Gasteiger partial charge is 0.332 e. The van der Waals surface area contributed by atoms with Crippen molar-refractivity contribution in [2.45, 2.75) is 98.2 Å². The van der Waals surface area contributed by atoms with Gasteiger partial charge in [-0.25, -0.2) is 39.6 Å². The van der Waals surface area contributed by atoms with Crippen molar-refractivity contribution in [3.05, 3.63) is 253 Å². The molecule has 9 aromatic rings. The predicted octanol–water partition coefficient (Wildman–Crippen LogP) is 12.1. The molecule has 0 aliphatic rings. The van der Waals surface area contributed by atoms with Gasteiger partial charge in [0, 0.05) is 93.9 Å². The molecule has 32 heteroatoms. The van der Waals surface area contributed by atoms with Crippen LogP contribution >= 0.6 is 78.5 Å². The number of aromatic amines is 3. The highest BCUT2D eigenvalue weighted by molar-refractivity contribution is 14.1. The van der Waals surface area contributed by atoms with Gasteiger partial charge in [0.1, 0.15) is 25.3 Å². The molecule has 0 aliphatic heterocycles. The first-order valence-electron chi connectivity index (χ1n) is 31.7. The molecule has 107 heavy (non-hydrogen) atoms. The summed E-state index contributed by atoms with van der Waals surface area (Å²) in [5, 5.41) is 0. The minimum absolute atomic E-state index is 0.132. The Labute approximate surface area is 671 Å². The van der Waals surface area contributed by atoms with Crippen LogP contribution in [0.4, 0.5) is 17.1 Å². The quantitative estimate of drug-likeness (QED) is 0.0244. The highest BCUT2D eigenvalue weighted by atomic mass is 127. The number of aromatic nitrogens is 6. The van der Waals surface area contributed by atoms with Crippen molar-refractivity contribution >= 4 is 133 Å². The van der Waals surface area contributed by atoms with Crippen LogP contribution in [-0.4, -0.2) is 102 Å². The zero-order valence-electron chi connectivity index (χ0n) is 62.3. The van der Waals surface area contributed by atoms with Crippen molar-refractivity contribution in [1.29, 1.82) is 0 Å². The number of sulfonamides is 2. The number of hydrogen-bond donors (Lipinski definition) is 6. The summed E-state index contributed by atoms with van der Waals surface area (Å²) >= 11 is 6.58. The molecule has 0 saturated heterocycles. The monoisotopic (exact) mass is 1890 g/mol. The largest absolute Gasteiger partial charge is 0.495 e. The standard InChI is InChI=1S/C24H25N3O5S.C17H18N2O3.C15H17IN2O3.C7H8INO2S.C6H6IN.C5H10Si.CH3ClO2S/c1-24(2,3)20-15-19(27-13-12-21(28)25-23(27)29)14-17(22(20)32-4)9-6-16-7-10-18(11-8-16)26-33(5,30)31;1-6-11-9-12(19-8-7-14(20)18-16(19)21)10-13(15(11)22-5)17(2,3)4;1-15(2,3)10-7-9(8-11(16)13(10)21-4)18-6-5-12(19)17-14(18)20;1-12(10,11)9-7-4-2-6(8)3-5-7;7-5-1-3-6(8)4-2-5;1-5-6(2,3)4;1-5(2,3)4/h7-8,10-15,26H,1-5H3,(H,25,28,29);1,7-10H,2-5H3,(H,18,20,21);5-8H,1-4H3,(H,17,19,20);2-5,9H,1H3;1-4H,8H2;1H,2-4H3;1H3. The minimum atomic E-state index is -3.36. The van der Waals surface area contributed by atoms with Crippen molar-refractivity contribution in [2.24, 2.45) is 0 Å². The van der Waals surface area contributed by atoms with E-state index in [9.17, 15) is 54.0 Å². The zero-order valence-corrected chi connectivity index (χ0v) is 73.0. The van der Waals surface area contributed by atoms with Crippen LogP contribution in [0.3, 0.4) is 0 Å². The molecule has 572 valence electrons. The maximum Gasteiger partial charge on any atom is 0.332 e. The van der Waals surface area contributed by atoms with E-state index in [0.29, 0.717) is 56.6 Å². The lowest BCUT2D eigenvalue weighted by Gasteiger charge is -2.24. The molecule has 24 nitrogen and oxygen atoms in total.